The molecular weight excluding hydrogens is 392 g/mol. The number of anilines is 1. The molecule has 3 heterocycles. The molecule has 31 heavy (non-hydrogen) atoms. The van der Waals surface area contributed by atoms with E-state index in [2.05, 4.69) is 9.88 Å². The minimum Gasteiger partial charge on any atom is -0.357 e. The van der Waals surface area contributed by atoms with Crippen LogP contribution < -0.4 is 4.90 Å². The molecular formula is C24H30N4O3. The Kier molecular flexibility index (Phi) is 6.23. The number of aromatic nitrogens is 1. The minimum absolute atomic E-state index is 0.0274. The second-order valence-electron chi connectivity index (χ2n) is 8.32. The maximum absolute atomic E-state index is 13.3. The predicted molar refractivity (Wildman–Crippen MR) is 119 cm³/mol. The molecule has 0 spiro atoms. The molecule has 0 aliphatic carbocycles. The van der Waals surface area contributed by atoms with Crippen molar-refractivity contribution in [2.45, 2.75) is 31.1 Å². The molecule has 0 radical (unpaired) electrons. The lowest BCUT2D eigenvalue weighted by Gasteiger charge is -2.42. The molecule has 2 aliphatic heterocycles. The third-order valence-electron chi connectivity index (χ3n) is 6.62. The Labute approximate surface area is 183 Å². The van der Waals surface area contributed by atoms with Crippen molar-refractivity contribution in [2.75, 3.05) is 45.2 Å². The summed E-state index contributed by atoms with van der Waals surface area (Å²) in [6.45, 7) is 3.06. The van der Waals surface area contributed by atoms with Crippen LogP contribution in [0, 0.1) is 0 Å². The first-order valence-electron chi connectivity index (χ1n) is 10.9. The molecule has 2 amide bonds. The van der Waals surface area contributed by atoms with Crippen LogP contribution in [0.25, 0.3) is 0 Å². The fourth-order valence-electron chi connectivity index (χ4n) is 4.69. The summed E-state index contributed by atoms with van der Waals surface area (Å²) in [7, 11) is 3.18. The summed E-state index contributed by atoms with van der Waals surface area (Å²) in [5.74, 6) is 0.874. The van der Waals surface area contributed by atoms with E-state index >= 15 is 0 Å². The molecule has 1 aromatic carbocycles. The summed E-state index contributed by atoms with van der Waals surface area (Å²) in [6, 6.07) is 13.7. The lowest BCUT2D eigenvalue weighted by atomic mass is 9.72. The van der Waals surface area contributed by atoms with E-state index in [0.717, 1.165) is 37.3 Å². The first-order chi connectivity index (χ1) is 15.0. The topological polar surface area (TPSA) is 66.0 Å². The van der Waals surface area contributed by atoms with Crippen LogP contribution in [0.5, 0.6) is 0 Å². The van der Waals surface area contributed by atoms with Crippen LogP contribution >= 0.6 is 0 Å². The number of hydroxylamine groups is 2. The van der Waals surface area contributed by atoms with Crippen molar-refractivity contribution in [3.05, 3.63) is 59.8 Å². The van der Waals surface area contributed by atoms with Gasteiger partial charge in [-0.05, 0) is 43.4 Å². The molecule has 164 valence electrons. The van der Waals surface area contributed by atoms with Crippen LogP contribution in [0.15, 0.2) is 48.7 Å². The number of likely N-dealkylation sites (N-methyl/N-ethyl adjacent to an activating group) is 1. The number of rotatable bonds is 5. The molecule has 2 fully saturated rings. The molecule has 0 N–H and O–H groups in total. The maximum Gasteiger partial charge on any atom is 0.256 e. The SMILES string of the molecule is CON(C)C(=O)C1(c2ccccc2)CCN(c2ccc(C(=O)N3CCCC3)cn2)CC1. The Balaban J connectivity index is 1.49. The van der Waals surface area contributed by atoms with E-state index < -0.39 is 5.41 Å². The normalized spacial score (nSPS) is 18.1. The Morgan fingerprint density at radius 2 is 1.68 bits per heavy atom. The zero-order valence-electron chi connectivity index (χ0n) is 18.3. The van der Waals surface area contributed by atoms with Gasteiger partial charge in [0.05, 0.1) is 18.1 Å². The van der Waals surface area contributed by atoms with Gasteiger partial charge < -0.3 is 9.80 Å². The van der Waals surface area contributed by atoms with Gasteiger partial charge in [0.2, 0.25) is 0 Å². The lowest BCUT2D eigenvalue weighted by Crippen LogP contribution is -2.52. The van der Waals surface area contributed by atoms with Crippen LogP contribution in [0.4, 0.5) is 5.82 Å². The largest absolute Gasteiger partial charge is 0.357 e. The third kappa shape index (κ3) is 4.14. The fraction of sp³-hybridized carbons (Fsp3) is 0.458. The van der Waals surface area contributed by atoms with E-state index in [9.17, 15) is 9.59 Å². The van der Waals surface area contributed by atoms with Crippen molar-refractivity contribution in [2.24, 2.45) is 0 Å². The van der Waals surface area contributed by atoms with Gasteiger partial charge in [-0.15, -0.1) is 0 Å². The molecule has 1 aromatic heterocycles. The molecule has 2 saturated heterocycles. The van der Waals surface area contributed by atoms with Gasteiger partial charge in [0.1, 0.15) is 5.82 Å². The highest BCUT2D eigenvalue weighted by molar-refractivity contribution is 5.94. The quantitative estimate of drug-likeness (QED) is 0.694. The molecule has 2 aliphatic rings. The standard InChI is InChI=1S/C24H30N4O3/c1-26(31-2)23(30)24(20-8-4-3-5-9-20)12-16-27(17-13-24)21-11-10-19(18-25-21)22(29)28-14-6-7-15-28/h3-5,8-11,18H,6-7,12-17H2,1-2H3. The Bertz CT molecular complexity index is 902. The molecule has 0 atom stereocenters. The molecule has 7 heteroatoms. The van der Waals surface area contributed by atoms with E-state index in [1.165, 1.54) is 12.2 Å². The zero-order chi connectivity index (χ0) is 21.8. The van der Waals surface area contributed by atoms with Gasteiger partial charge in [-0.2, -0.15) is 0 Å². The Hall–Kier alpha value is -2.93. The van der Waals surface area contributed by atoms with Crippen LogP contribution in [0.1, 0.15) is 41.6 Å². The van der Waals surface area contributed by atoms with Crippen LogP contribution in [0.2, 0.25) is 0 Å². The van der Waals surface area contributed by atoms with Crippen LogP contribution in [0.3, 0.4) is 0 Å². The van der Waals surface area contributed by atoms with Crippen molar-refractivity contribution in [1.29, 1.82) is 0 Å². The summed E-state index contributed by atoms with van der Waals surface area (Å²) in [5, 5.41) is 1.33. The van der Waals surface area contributed by atoms with Gasteiger partial charge in [0, 0.05) is 39.4 Å². The smallest absolute Gasteiger partial charge is 0.256 e. The zero-order valence-corrected chi connectivity index (χ0v) is 18.3. The highest BCUT2D eigenvalue weighted by atomic mass is 16.7. The average Bonchev–Trinajstić information content (AvgIpc) is 3.38. The second-order valence-corrected chi connectivity index (χ2v) is 8.32. The van der Waals surface area contributed by atoms with Crippen molar-refractivity contribution < 1.29 is 14.4 Å². The van der Waals surface area contributed by atoms with Gasteiger partial charge in [-0.1, -0.05) is 30.3 Å². The number of carbonyl (C=O) groups is 2. The van der Waals surface area contributed by atoms with Gasteiger partial charge in [-0.25, -0.2) is 10.0 Å². The summed E-state index contributed by atoms with van der Waals surface area (Å²) in [6.07, 6.45) is 5.16. The molecule has 0 unspecified atom stereocenters. The number of hydrogen-bond donors (Lipinski definition) is 0. The van der Waals surface area contributed by atoms with Crippen molar-refractivity contribution in [3.8, 4) is 0 Å². The summed E-state index contributed by atoms with van der Waals surface area (Å²) < 4.78 is 0. The fourth-order valence-corrected chi connectivity index (χ4v) is 4.69. The van der Waals surface area contributed by atoms with Crippen LogP contribution in [-0.2, 0) is 15.0 Å². The number of carbonyl (C=O) groups excluding carboxylic acids is 2. The summed E-state index contributed by atoms with van der Waals surface area (Å²) in [5.41, 5.74) is 1.04. The van der Waals surface area contributed by atoms with Gasteiger partial charge in [0.15, 0.2) is 0 Å². The minimum atomic E-state index is -0.617. The molecule has 4 rings (SSSR count). The maximum atomic E-state index is 13.3. The van der Waals surface area contributed by atoms with Gasteiger partial charge in [0.25, 0.3) is 11.8 Å². The summed E-state index contributed by atoms with van der Waals surface area (Å²) >= 11 is 0. The number of piperidine rings is 1. The number of pyridine rings is 1. The average molecular weight is 423 g/mol. The van der Waals surface area contributed by atoms with E-state index in [1.807, 2.05) is 47.4 Å². The van der Waals surface area contributed by atoms with E-state index in [1.54, 1.807) is 13.2 Å². The first kappa shape index (κ1) is 21.3. The number of nitrogens with zero attached hydrogens (tertiary/aromatic N) is 4. The van der Waals surface area contributed by atoms with Gasteiger partial charge >= 0.3 is 0 Å². The lowest BCUT2D eigenvalue weighted by molar-refractivity contribution is -0.176. The highest BCUT2D eigenvalue weighted by Gasteiger charge is 2.45. The molecule has 0 bridgehead atoms. The van der Waals surface area contributed by atoms with Crippen molar-refractivity contribution in [1.82, 2.24) is 14.9 Å². The Morgan fingerprint density at radius 3 is 2.26 bits per heavy atom. The molecule has 2 aromatic rings. The molecule has 7 nitrogen and oxygen atoms in total. The van der Waals surface area contributed by atoms with E-state index in [-0.39, 0.29) is 11.8 Å². The number of amides is 2. The van der Waals surface area contributed by atoms with Crippen molar-refractivity contribution >= 4 is 17.6 Å². The molecule has 0 saturated carbocycles. The third-order valence-corrected chi connectivity index (χ3v) is 6.62. The predicted octanol–water partition coefficient (Wildman–Crippen LogP) is 2.88. The van der Waals surface area contributed by atoms with Gasteiger partial charge in [-0.3, -0.25) is 14.4 Å². The van der Waals surface area contributed by atoms with Crippen molar-refractivity contribution in [3.63, 3.8) is 0 Å². The monoisotopic (exact) mass is 422 g/mol. The van der Waals surface area contributed by atoms with E-state index in [4.69, 9.17) is 4.84 Å². The Morgan fingerprint density at radius 1 is 1.00 bits per heavy atom. The summed E-state index contributed by atoms with van der Waals surface area (Å²) in [4.78, 5) is 39.7. The number of benzene rings is 1. The second kappa shape index (κ2) is 9.06. The van der Waals surface area contributed by atoms with E-state index in [0.29, 0.717) is 31.5 Å². The number of likely N-dealkylation sites (tertiary alicyclic amines) is 1. The van der Waals surface area contributed by atoms with Crippen LogP contribution in [-0.4, -0.2) is 67.1 Å². The first-order valence-corrected chi connectivity index (χ1v) is 10.9. The highest BCUT2D eigenvalue weighted by Crippen LogP contribution is 2.38. The number of hydrogen-bond acceptors (Lipinski definition) is 5.